The van der Waals surface area contributed by atoms with Crippen molar-refractivity contribution in [1.29, 1.82) is 0 Å². The zero-order chi connectivity index (χ0) is 28.0. The lowest BCUT2D eigenvalue weighted by atomic mass is 9.98. The van der Waals surface area contributed by atoms with Crippen LogP contribution in [0.2, 0.25) is 5.02 Å². The Labute approximate surface area is 223 Å². The second-order valence-corrected chi connectivity index (χ2v) is 9.02. The molecular weight excluding hydrogens is 516 g/mol. The van der Waals surface area contributed by atoms with Crippen molar-refractivity contribution in [2.45, 2.75) is 39.3 Å². The van der Waals surface area contributed by atoms with Gasteiger partial charge in [-0.1, -0.05) is 28.9 Å². The number of nitrogens with one attached hydrogen (secondary N) is 3. The summed E-state index contributed by atoms with van der Waals surface area (Å²) in [6, 6.07) is 8.94. The van der Waals surface area contributed by atoms with Gasteiger partial charge in [0.25, 0.3) is 11.8 Å². The van der Waals surface area contributed by atoms with Crippen molar-refractivity contribution < 1.29 is 33.9 Å². The molecule has 0 fully saturated rings. The summed E-state index contributed by atoms with van der Waals surface area (Å²) in [6.07, 6.45) is 0. The average Bonchev–Trinajstić information content (AvgIpc) is 3.21. The Bertz CT molecular complexity index is 1350. The Hall–Kier alpha value is -4.38. The smallest absolute Gasteiger partial charge is 0.328 e. The van der Waals surface area contributed by atoms with E-state index in [2.05, 4.69) is 21.1 Å². The van der Waals surface area contributed by atoms with Crippen LogP contribution in [-0.4, -0.2) is 51.6 Å². The Balaban J connectivity index is 1.61. The average molecular weight is 543 g/mol. The molecule has 0 aliphatic rings. The first kappa shape index (κ1) is 28.2. The van der Waals surface area contributed by atoms with Crippen LogP contribution < -0.4 is 16.0 Å². The van der Waals surface area contributed by atoms with Gasteiger partial charge < -0.3 is 30.7 Å². The van der Waals surface area contributed by atoms with E-state index in [1.54, 1.807) is 32.9 Å². The second kappa shape index (κ2) is 12.2. The van der Waals surface area contributed by atoms with Crippen LogP contribution >= 0.6 is 11.6 Å². The number of hydrogen-bond donors (Lipinski definition) is 5. The summed E-state index contributed by atoms with van der Waals surface area (Å²) >= 11 is 6.22. The van der Waals surface area contributed by atoms with E-state index in [0.717, 1.165) is 0 Å². The molecule has 11 nitrogen and oxygen atoms in total. The largest absolute Gasteiger partial charge is 0.508 e. The van der Waals surface area contributed by atoms with E-state index in [4.69, 9.17) is 16.1 Å². The van der Waals surface area contributed by atoms with E-state index >= 15 is 0 Å². The highest BCUT2D eigenvalue weighted by molar-refractivity contribution is 6.34. The second-order valence-electron chi connectivity index (χ2n) is 8.62. The maximum atomic E-state index is 12.7. The topological polar surface area (TPSA) is 171 Å². The highest BCUT2D eigenvalue weighted by atomic mass is 35.5. The molecule has 1 aromatic heterocycles. The predicted octanol–water partition coefficient (Wildman–Crippen LogP) is 2.68. The molecule has 0 saturated heterocycles. The van der Waals surface area contributed by atoms with E-state index in [1.165, 1.54) is 30.3 Å². The summed E-state index contributed by atoms with van der Waals surface area (Å²) < 4.78 is 5.08. The molecule has 38 heavy (non-hydrogen) atoms. The Morgan fingerprint density at radius 1 is 1.05 bits per heavy atom. The molecule has 3 aromatic rings. The fourth-order valence-electron chi connectivity index (χ4n) is 3.82. The zero-order valence-electron chi connectivity index (χ0n) is 20.9. The predicted molar refractivity (Wildman–Crippen MR) is 137 cm³/mol. The number of hydrogen-bond acceptors (Lipinski definition) is 7. The molecule has 0 aliphatic carbocycles. The molecule has 3 rings (SSSR count). The number of aryl methyl sites for hydroxylation is 2. The maximum Gasteiger partial charge on any atom is 0.328 e. The molecule has 0 spiro atoms. The molecule has 1 unspecified atom stereocenters. The highest BCUT2D eigenvalue weighted by Crippen LogP contribution is 2.23. The summed E-state index contributed by atoms with van der Waals surface area (Å²) in [6.45, 7) is 4.79. The van der Waals surface area contributed by atoms with Gasteiger partial charge in [0.05, 0.1) is 22.2 Å². The van der Waals surface area contributed by atoms with Gasteiger partial charge in [-0.05, 0) is 56.7 Å². The quantitative estimate of drug-likeness (QED) is 0.260. The molecular formula is C26H27ClN4O7. The van der Waals surface area contributed by atoms with Crippen LogP contribution in [0.25, 0.3) is 0 Å². The number of aliphatic carboxylic acids is 1. The molecule has 0 radical (unpaired) electrons. The molecule has 1 heterocycles. The minimum Gasteiger partial charge on any atom is -0.508 e. The minimum absolute atomic E-state index is 0.0436. The van der Waals surface area contributed by atoms with E-state index < -0.39 is 35.7 Å². The number of nitrogens with zero attached hydrogens (tertiary/aromatic N) is 1. The number of carboxylic acid groups (broad SMARTS) is 1. The molecule has 200 valence electrons. The Morgan fingerprint density at radius 3 is 2.39 bits per heavy atom. The third kappa shape index (κ3) is 6.88. The summed E-state index contributed by atoms with van der Waals surface area (Å²) in [4.78, 5) is 49.5. The summed E-state index contributed by atoms with van der Waals surface area (Å²) in [5.74, 6) is -3.15. The Kier molecular flexibility index (Phi) is 9.08. The van der Waals surface area contributed by atoms with Crippen molar-refractivity contribution in [3.05, 3.63) is 81.2 Å². The standard InChI is InChI=1S/C26H27ClN4O7/c1-13(22-14(2)31-38-15(22)3)23(33)29-12-21(26(36)37)30-25(35)19-8-7-17(10-20(19)27)24(34)28-11-16-5-4-6-18(32)9-16/h4-10,13,21,32H,11-12H2,1-3H3,(H,28,34)(H,29,33)(H,30,35)(H,36,37)/t13?,21-/m0/s1. The third-order valence-corrected chi connectivity index (χ3v) is 6.15. The van der Waals surface area contributed by atoms with E-state index in [9.17, 15) is 29.4 Å². The lowest BCUT2D eigenvalue weighted by Gasteiger charge is -2.18. The SMILES string of the molecule is Cc1noc(C)c1C(C)C(=O)NC[C@H](NC(=O)c1ccc(C(=O)NCc2cccc(O)c2)cc1Cl)C(=O)O. The molecule has 2 atom stereocenters. The highest BCUT2D eigenvalue weighted by Gasteiger charge is 2.26. The van der Waals surface area contributed by atoms with Crippen LogP contribution in [-0.2, 0) is 16.1 Å². The van der Waals surface area contributed by atoms with E-state index in [1.807, 2.05) is 0 Å². The Morgan fingerprint density at radius 2 is 1.79 bits per heavy atom. The van der Waals surface area contributed by atoms with Gasteiger partial charge in [-0.2, -0.15) is 0 Å². The van der Waals surface area contributed by atoms with Crippen molar-refractivity contribution >= 4 is 35.3 Å². The van der Waals surface area contributed by atoms with Crippen LogP contribution in [0.4, 0.5) is 0 Å². The number of carbonyl (C=O) groups excluding carboxylic acids is 3. The molecule has 12 heteroatoms. The van der Waals surface area contributed by atoms with Gasteiger partial charge in [0.2, 0.25) is 5.91 Å². The van der Waals surface area contributed by atoms with Gasteiger partial charge >= 0.3 is 5.97 Å². The molecule has 0 saturated carbocycles. The molecule has 3 amide bonds. The van der Waals surface area contributed by atoms with Crippen LogP contribution in [0.5, 0.6) is 5.75 Å². The monoisotopic (exact) mass is 542 g/mol. The molecule has 0 bridgehead atoms. The van der Waals surface area contributed by atoms with Gasteiger partial charge in [0.1, 0.15) is 17.6 Å². The number of aromatic nitrogens is 1. The van der Waals surface area contributed by atoms with Crippen LogP contribution in [0.3, 0.4) is 0 Å². The van der Waals surface area contributed by atoms with Crippen LogP contribution in [0.1, 0.15) is 56.1 Å². The van der Waals surface area contributed by atoms with Gasteiger partial charge in [-0.15, -0.1) is 0 Å². The van der Waals surface area contributed by atoms with Crippen molar-refractivity contribution in [1.82, 2.24) is 21.1 Å². The zero-order valence-corrected chi connectivity index (χ0v) is 21.6. The summed E-state index contributed by atoms with van der Waals surface area (Å²) in [5, 5.41) is 30.4. The summed E-state index contributed by atoms with van der Waals surface area (Å²) in [7, 11) is 0. The van der Waals surface area contributed by atoms with Crippen LogP contribution in [0, 0.1) is 13.8 Å². The first-order valence-corrected chi connectivity index (χ1v) is 12.0. The molecule has 0 aliphatic heterocycles. The fourth-order valence-corrected chi connectivity index (χ4v) is 4.09. The van der Waals surface area contributed by atoms with Crippen molar-refractivity contribution in [3.8, 4) is 5.75 Å². The number of halogens is 1. The minimum atomic E-state index is -1.44. The third-order valence-electron chi connectivity index (χ3n) is 5.84. The van der Waals surface area contributed by atoms with E-state index in [-0.39, 0.29) is 35.0 Å². The lowest BCUT2D eigenvalue weighted by molar-refractivity contribution is -0.139. The van der Waals surface area contributed by atoms with Gasteiger partial charge in [0, 0.05) is 24.2 Å². The van der Waals surface area contributed by atoms with Gasteiger partial charge in [-0.3, -0.25) is 14.4 Å². The number of aromatic hydroxyl groups is 1. The number of phenols is 1. The van der Waals surface area contributed by atoms with Crippen molar-refractivity contribution in [2.24, 2.45) is 0 Å². The number of benzene rings is 2. The lowest BCUT2D eigenvalue weighted by Crippen LogP contribution is -2.49. The van der Waals surface area contributed by atoms with Crippen molar-refractivity contribution in [2.75, 3.05) is 6.54 Å². The number of carboxylic acids is 1. The maximum absolute atomic E-state index is 12.7. The number of carbonyl (C=O) groups is 4. The first-order chi connectivity index (χ1) is 18.0. The number of amides is 3. The number of rotatable bonds is 10. The summed E-state index contributed by atoms with van der Waals surface area (Å²) in [5.41, 5.74) is 1.99. The fraction of sp³-hybridized carbons (Fsp3) is 0.269. The molecule has 5 N–H and O–H groups in total. The van der Waals surface area contributed by atoms with Gasteiger partial charge in [0.15, 0.2) is 0 Å². The molecule has 2 aromatic carbocycles. The van der Waals surface area contributed by atoms with Crippen molar-refractivity contribution in [3.63, 3.8) is 0 Å². The normalized spacial score (nSPS) is 12.3. The number of phenolic OH excluding ortho intramolecular Hbond substituents is 1. The van der Waals surface area contributed by atoms with E-state index in [0.29, 0.717) is 22.6 Å². The van der Waals surface area contributed by atoms with Gasteiger partial charge in [-0.25, -0.2) is 4.79 Å². The van der Waals surface area contributed by atoms with Crippen LogP contribution in [0.15, 0.2) is 47.0 Å². The first-order valence-electron chi connectivity index (χ1n) is 11.6.